The van der Waals surface area contributed by atoms with Crippen LogP contribution in [-0.4, -0.2) is 37.7 Å². The molecule has 0 saturated heterocycles. The minimum Gasteiger partial charge on any atom is -0.364 e. The molecular formula is C7H12N4O3S. The molecule has 0 saturated carbocycles. The zero-order valence-corrected chi connectivity index (χ0v) is 8.97. The van der Waals surface area contributed by atoms with Crippen LogP contribution in [0.3, 0.4) is 0 Å². The van der Waals surface area contributed by atoms with Crippen LogP contribution in [-0.2, 0) is 10.0 Å². The van der Waals surface area contributed by atoms with Gasteiger partial charge in [-0.1, -0.05) is 0 Å². The number of hydrogen-bond donors (Lipinski definition) is 3. The van der Waals surface area contributed by atoms with E-state index in [9.17, 15) is 13.2 Å². The molecule has 15 heavy (non-hydrogen) atoms. The van der Waals surface area contributed by atoms with Gasteiger partial charge < -0.3 is 10.3 Å². The molecule has 0 aliphatic heterocycles. The summed E-state index contributed by atoms with van der Waals surface area (Å²) in [7, 11) is -3.19. The quantitative estimate of drug-likeness (QED) is 0.549. The van der Waals surface area contributed by atoms with E-state index in [0.29, 0.717) is 6.54 Å². The van der Waals surface area contributed by atoms with Gasteiger partial charge in [-0.15, -0.1) is 0 Å². The number of hydrogen-bond acceptors (Lipinski definition) is 5. The Morgan fingerprint density at radius 3 is 2.80 bits per heavy atom. The first-order valence-corrected chi connectivity index (χ1v) is 6.10. The Morgan fingerprint density at radius 2 is 2.20 bits per heavy atom. The van der Waals surface area contributed by atoms with E-state index in [0.717, 1.165) is 6.26 Å². The molecule has 1 aromatic rings. The van der Waals surface area contributed by atoms with Crippen LogP contribution in [0.4, 0.5) is 5.82 Å². The maximum atomic E-state index is 11.1. The molecule has 0 aromatic carbocycles. The van der Waals surface area contributed by atoms with E-state index in [4.69, 9.17) is 0 Å². The van der Waals surface area contributed by atoms with Crippen molar-refractivity contribution < 1.29 is 8.42 Å². The van der Waals surface area contributed by atoms with Crippen LogP contribution < -0.4 is 15.6 Å². The molecule has 1 aromatic heterocycles. The molecule has 0 fully saturated rings. The van der Waals surface area contributed by atoms with Gasteiger partial charge >= 0.3 is 0 Å². The lowest BCUT2D eigenvalue weighted by Crippen LogP contribution is -2.29. The molecular weight excluding hydrogens is 220 g/mol. The summed E-state index contributed by atoms with van der Waals surface area (Å²) in [6.07, 6.45) is 3.93. The summed E-state index contributed by atoms with van der Waals surface area (Å²) in [6, 6.07) is 0. The molecule has 0 atom stereocenters. The first kappa shape index (κ1) is 11.7. The van der Waals surface area contributed by atoms with Gasteiger partial charge in [0, 0.05) is 25.5 Å². The first-order valence-electron chi connectivity index (χ1n) is 4.21. The van der Waals surface area contributed by atoms with Gasteiger partial charge in [0.2, 0.25) is 10.0 Å². The van der Waals surface area contributed by atoms with Crippen LogP contribution in [0.15, 0.2) is 17.2 Å². The van der Waals surface area contributed by atoms with Crippen LogP contribution in [0.25, 0.3) is 0 Å². The van der Waals surface area contributed by atoms with Gasteiger partial charge in [0.25, 0.3) is 5.56 Å². The normalized spacial score (nSPS) is 11.3. The van der Waals surface area contributed by atoms with Crippen molar-refractivity contribution in [3.63, 3.8) is 0 Å². The summed E-state index contributed by atoms with van der Waals surface area (Å²) in [5.41, 5.74) is -0.336. The number of sulfonamides is 1. The van der Waals surface area contributed by atoms with Crippen molar-refractivity contribution in [1.29, 1.82) is 0 Å². The van der Waals surface area contributed by atoms with E-state index in [1.807, 2.05) is 0 Å². The maximum Gasteiger partial charge on any atom is 0.290 e. The lowest BCUT2D eigenvalue weighted by atomic mass is 10.6. The predicted molar refractivity (Wildman–Crippen MR) is 56.2 cm³/mol. The average molecular weight is 232 g/mol. The van der Waals surface area contributed by atoms with Gasteiger partial charge in [0.1, 0.15) is 0 Å². The average Bonchev–Trinajstić information content (AvgIpc) is 2.13. The SMILES string of the molecule is CS(=O)(=O)NCCNc1ncc[nH]c1=O. The number of aromatic nitrogens is 2. The standard InChI is InChI=1S/C7H12N4O3S/c1-15(13,14)11-5-4-9-6-7(12)10-3-2-8-6/h2-3,11H,4-5H2,1H3,(H,8,9)(H,10,12). The zero-order chi connectivity index (χ0) is 11.3. The van der Waals surface area contributed by atoms with E-state index in [1.54, 1.807) is 0 Å². The lowest BCUT2D eigenvalue weighted by Gasteiger charge is -2.04. The van der Waals surface area contributed by atoms with Gasteiger partial charge in [0.05, 0.1) is 6.26 Å². The topological polar surface area (TPSA) is 104 Å². The lowest BCUT2D eigenvalue weighted by molar-refractivity contribution is 0.589. The van der Waals surface area contributed by atoms with E-state index in [-0.39, 0.29) is 17.9 Å². The maximum absolute atomic E-state index is 11.1. The van der Waals surface area contributed by atoms with Gasteiger partial charge in [-0.05, 0) is 0 Å². The molecule has 0 spiro atoms. The van der Waals surface area contributed by atoms with Crippen LogP contribution >= 0.6 is 0 Å². The fraction of sp³-hybridized carbons (Fsp3) is 0.429. The highest BCUT2D eigenvalue weighted by Gasteiger charge is 2.00. The summed E-state index contributed by atoms with van der Waals surface area (Å²) in [6.45, 7) is 0.502. The molecule has 1 rings (SSSR count). The van der Waals surface area contributed by atoms with Crippen LogP contribution in [0.5, 0.6) is 0 Å². The summed E-state index contributed by atoms with van der Waals surface area (Å²) in [4.78, 5) is 17.3. The second kappa shape index (κ2) is 4.89. The van der Waals surface area contributed by atoms with Crippen LogP contribution in [0.1, 0.15) is 0 Å². The third-order valence-electron chi connectivity index (χ3n) is 1.49. The third kappa shape index (κ3) is 4.56. The second-order valence-electron chi connectivity index (χ2n) is 2.86. The Hall–Kier alpha value is -1.41. The van der Waals surface area contributed by atoms with Gasteiger partial charge in [-0.25, -0.2) is 18.1 Å². The van der Waals surface area contributed by atoms with E-state index < -0.39 is 10.0 Å². The molecule has 0 radical (unpaired) electrons. The molecule has 0 aliphatic rings. The van der Waals surface area contributed by atoms with Crippen molar-refractivity contribution in [3.8, 4) is 0 Å². The Morgan fingerprint density at radius 1 is 1.47 bits per heavy atom. The largest absolute Gasteiger partial charge is 0.364 e. The Kier molecular flexibility index (Phi) is 3.81. The highest BCUT2D eigenvalue weighted by atomic mass is 32.2. The molecule has 8 heteroatoms. The first-order chi connectivity index (χ1) is 6.99. The smallest absolute Gasteiger partial charge is 0.290 e. The number of H-pyrrole nitrogens is 1. The van der Waals surface area contributed by atoms with E-state index in [2.05, 4.69) is 20.0 Å². The predicted octanol–water partition coefficient (Wildman–Crippen LogP) is -1.27. The van der Waals surface area contributed by atoms with Crippen molar-refractivity contribution in [2.45, 2.75) is 0 Å². The Labute approximate surface area is 87.0 Å². The number of nitrogens with zero attached hydrogens (tertiary/aromatic N) is 1. The molecule has 0 aliphatic carbocycles. The van der Waals surface area contributed by atoms with Gasteiger partial charge in [-0.3, -0.25) is 4.79 Å². The van der Waals surface area contributed by atoms with Crippen molar-refractivity contribution >= 4 is 15.8 Å². The third-order valence-corrected chi connectivity index (χ3v) is 2.22. The molecule has 0 unspecified atom stereocenters. The minimum atomic E-state index is -3.19. The van der Waals surface area contributed by atoms with E-state index >= 15 is 0 Å². The zero-order valence-electron chi connectivity index (χ0n) is 8.15. The van der Waals surface area contributed by atoms with Crippen molar-refractivity contribution in [3.05, 3.63) is 22.7 Å². The number of anilines is 1. The monoisotopic (exact) mass is 232 g/mol. The Balaban J connectivity index is 2.39. The molecule has 84 valence electrons. The van der Waals surface area contributed by atoms with Crippen molar-refractivity contribution in [2.75, 3.05) is 24.7 Å². The molecule has 0 amide bonds. The fourth-order valence-corrected chi connectivity index (χ4v) is 1.37. The van der Waals surface area contributed by atoms with Gasteiger partial charge in [0.15, 0.2) is 5.82 Å². The van der Waals surface area contributed by atoms with E-state index in [1.165, 1.54) is 12.4 Å². The van der Waals surface area contributed by atoms with Crippen LogP contribution in [0.2, 0.25) is 0 Å². The summed E-state index contributed by atoms with van der Waals surface area (Å²) in [5, 5.41) is 2.70. The fourth-order valence-electron chi connectivity index (χ4n) is 0.895. The summed E-state index contributed by atoms with van der Waals surface area (Å²) in [5.74, 6) is 0.174. The number of aromatic amines is 1. The molecule has 7 nitrogen and oxygen atoms in total. The number of rotatable bonds is 5. The molecule has 3 N–H and O–H groups in total. The molecule has 1 heterocycles. The minimum absolute atomic E-state index is 0.174. The van der Waals surface area contributed by atoms with Gasteiger partial charge in [-0.2, -0.15) is 0 Å². The second-order valence-corrected chi connectivity index (χ2v) is 4.69. The van der Waals surface area contributed by atoms with Crippen molar-refractivity contribution in [2.24, 2.45) is 0 Å². The highest BCUT2D eigenvalue weighted by Crippen LogP contribution is 1.87. The van der Waals surface area contributed by atoms with Crippen LogP contribution in [0, 0.1) is 0 Å². The number of nitrogens with one attached hydrogen (secondary N) is 3. The Bertz CT molecular complexity index is 467. The highest BCUT2D eigenvalue weighted by molar-refractivity contribution is 7.88. The summed E-state index contributed by atoms with van der Waals surface area (Å²) >= 11 is 0. The van der Waals surface area contributed by atoms with Crippen molar-refractivity contribution in [1.82, 2.24) is 14.7 Å². The molecule has 0 bridgehead atoms. The summed E-state index contributed by atoms with van der Waals surface area (Å²) < 4.78 is 23.7.